The van der Waals surface area contributed by atoms with Crippen LogP contribution in [0.2, 0.25) is 0 Å². The van der Waals surface area contributed by atoms with Gasteiger partial charge in [0.2, 0.25) is 0 Å². The molecule has 3 unspecified atom stereocenters. The number of phenols is 1. The molecule has 2 aromatic rings. The van der Waals surface area contributed by atoms with Crippen LogP contribution in [-0.4, -0.2) is 54.2 Å². The van der Waals surface area contributed by atoms with E-state index in [4.69, 9.17) is 0 Å². The minimum atomic E-state index is -0.176. The second-order valence-electron chi connectivity index (χ2n) is 8.17. The van der Waals surface area contributed by atoms with Gasteiger partial charge < -0.3 is 5.11 Å². The van der Waals surface area contributed by atoms with Gasteiger partial charge in [-0.1, -0.05) is 53.7 Å². The maximum absolute atomic E-state index is 11.2. The van der Waals surface area contributed by atoms with Crippen LogP contribution in [0.4, 0.5) is 5.69 Å². The molecule has 1 N–H and O–H groups in total. The van der Waals surface area contributed by atoms with Crippen LogP contribution in [0.15, 0.2) is 64.1 Å². The summed E-state index contributed by atoms with van der Waals surface area (Å²) in [4.78, 5) is 37.4. The Bertz CT molecular complexity index is 894. The zero-order valence-electron chi connectivity index (χ0n) is 18.8. The Balaban J connectivity index is 2.36. The molecule has 172 valence electrons. The van der Waals surface area contributed by atoms with Crippen molar-refractivity contribution in [2.24, 2.45) is 21.4 Å². The zero-order chi connectivity index (χ0) is 23.5. The van der Waals surface area contributed by atoms with Gasteiger partial charge in [-0.3, -0.25) is 9.80 Å². The van der Waals surface area contributed by atoms with Crippen molar-refractivity contribution in [1.29, 1.82) is 0 Å². The minimum absolute atomic E-state index is 0.109. The molecule has 0 spiro atoms. The summed E-state index contributed by atoms with van der Waals surface area (Å²) in [5, 5.41) is 19.5. The first kappa shape index (κ1) is 25.2. The van der Waals surface area contributed by atoms with Crippen LogP contribution >= 0.6 is 0 Å². The molecule has 2 aromatic carbocycles. The highest BCUT2D eigenvalue weighted by Gasteiger charge is 2.33. The van der Waals surface area contributed by atoms with Gasteiger partial charge in [-0.15, -0.1) is 4.91 Å². The summed E-state index contributed by atoms with van der Waals surface area (Å²) in [5.41, 5.74) is 1.90. The molecule has 9 heteroatoms. The van der Waals surface area contributed by atoms with E-state index in [2.05, 4.69) is 25.3 Å². The lowest BCUT2D eigenvalue weighted by atomic mass is 9.89. The molecule has 0 amide bonds. The lowest BCUT2D eigenvalue weighted by Crippen LogP contribution is -2.53. The summed E-state index contributed by atoms with van der Waals surface area (Å²) in [7, 11) is 3.84. The van der Waals surface area contributed by atoms with E-state index in [1.807, 2.05) is 45.3 Å². The Morgan fingerprint density at radius 3 is 2.12 bits per heavy atom. The quantitative estimate of drug-likeness (QED) is 0.427. The van der Waals surface area contributed by atoms with Gasteiger partial charge in [0, 0.05) is 30.7 Å². The monoisotopic (exact) mass is 441 g/mol. The number of aromatic hydroxyl groups is 1. The van der Waals surface area contributed by atoms with Crippen LogP contribution in [0.25, 0.3) is 0 Å². The Morgan fingerprint density at radius 2 is 1.50 bits per heavy atom. The van der Waals surface area contributed by atoms with Crippen LogP contribution in [0, 0.1) is 20.6 Å². The molecule has 3 atom stereocenters. The minimum Gasteiger partial charge on any atom is -0.508 e. The average molecular weight is 442 g/mol. The SMILES string of the molecule is CC(CN=O)C(C(CCN=O)N(C)Cc1ccccc1O)N(C)Cc1ccccc1N=O. The molecule has 0 aromatic heterocycles. The normalized spacial score (nSPS) is 14.2. The number of para-hydroxylation sites is 1. The predicted octanol–water partition coefficient (Wildman–Crippen LogP) is 4.65. The Labute approximate surface area is 188 Å². The largest absolute Gasteiger partial charge is 0.508 e. The van der Waals surface area contributed by atoms with E-state index in [-0.39, 0.29) is 36.8 Å². The fourth-order valence-electron chi connectivity index (χ4n) is 4.31. The van der Waals surface area contributed by atoms with Crippen LogP contribution in [0.3, 0.4) is 0 Å². The van der Waals surface area contributed by atoms with E-state index >= 15 is 0 Å². The van der Waals surface area contributed by atoms with E-state index in [0.717, 1.165) is 11.1 Å². The van der Waals surface area contributed by atoms with Gasteiger partial charge in [-0.05, 0) is 49.3 Å². The maximum Gasteiger partial charge on any atom is 0.120 e. The second kappa shape index (κ2) is 12.7. The molecule has 2 rings (SSSR count). The molecule has 0 bridgehead atoms. The number of hydrogen-bond acceptors (Lipinski definition) is 9. The van der Waals surface area contributed by atoms with E-state index in [9.17, 15) is 19.8 Å². The Morgan fingerprint density at radius 1 is 0.875 bits per heavy atom. The Kier molecular flexibility index (Phi) is 10.0. The molecular weight excluding hydrogens is 410 g/mol. The van der Waals surface area contributed by atoms with Crippen molar-refractivity contribution in [2.45, 2.75) is 38.5 Å². The average Bonchev–Trinajstić information content (AvgIpc) is 2.78. The second-order valence-corrected chi connectivity index (χ2v) is 8.17. The van der Waals surface area contributed by atoms with E-state index in [0.29, 0.717) is 25.2 Å². The van der Waals surface area contributed by atoms with Gasteiger partial charge in [0.1, 0.15) is 11.4 Å². The maximum atomic E-state index is 11.2. The van der Waals surface area contributed by atoms with Crippen molar-refractivity contribution in [1.82, 2.24) is 9.80 Å². The standard InChI is InChI=1S/C23H31N5O4/c1-17(14-25-31)23(28(3)15-18-8-4-6-10-20(18)26-32)21(12-13-24-30)27(2)16-19-9-5-7-11-22(19)29/h4-11,17,21,23,29H,12-16H2,1-3H3. The van der Waals surface area contributed by atoms with Crippen molar-refractivity contribution in [3.63, 3.8) is 0 Å². The molecule has 0 aliphatic heterocycles. The summed E-state index contributed by atoms with van der Waals surface area (Å²) in [5.74, 6) is 0.0717. The third-order valence-electron chi connectivity index (χ3n) is 5.85. The first-order valence-electron chi connectivity index (χ1n) is 10.6. The first-order valence-corrected chi connectivity index (χ1v) is 10.6. The molecule has 0 saturated carbocycles. The van der Waals surface area contributed by atoms with Crippen molar-refractivity contribution >= 4 is 5.69 Å². The first-order chi connectivity index (χ1) is 15.4. The summed E-state index contributed by atoms with van der Waals surface area (Å²) in [6, 6.07) is 13.9. The molecule has 0 radical (unpaired) electrons. The van der Waals surface area contributed by atoms with Crippen molar-refractivity contribution in [2.75, 3.05) is 27.2 Å². The fourth-order valence-corrected chi connectivity index (χ4v) is 4.31. The smallest absolute Gasteiger partial charge is 0.120 e. The van der Waals surface area contributed by atoms with Gasteiger partial charge in [0.15, 0.2) is 0 Å². The predicted molar refractivity (Wildman–Crippen MR) is 126 cm³/mol. The molecule has 0 heterocycles. The molecule has 0 saturated heterocycles. The lowest BCUT2D eigenvalue weighted by molar-refractivity contribution is 0.0654. The molecule has 0 aliphatic rings. The summed E-state index contributed by atoms with van der Waals surface area (Å²) in [6.45, 7) is 3.06. The van der Waals surface area contributed by atoms with Gasteiger partial charge in [-0.25, -0.2) is 0 Å². The van der Waals surface area contributed by atoms with Crippen molar-refractivity contribution < 1.29 is 5.11 Å². The number of benzene rings is 2. The number of rotatable bonds is 14. The lowest BCUT2D eigenvalue weighted by Gasteiger charge is -2.42. The van der Waals surface area contributed by atoms with Crippen LogP contribution in [0.1, 0.15) is 24.5 Å². The highest BCUT2D eigenvalue weighted by Crippen LogP contribution is 2.28. The van der Waals surface area contributed by atoms with E-state index in [1.54, 1.807) is 24.3 Å². The fraction of sp³-hybridized carbons (Fsp3) is 0.478. The Hall–Kier alpha value is -3.04. The summed E-state index contributed by atoms with van der Waals surface area (Å²) in [6.07, 6.45) is 0.472. The molecule has 9 nitrogen and oxygen atoms in total. The van der Waals surface area contributed by atoms with E-state index in [1.165, 1.54) is 0 Å². The summed E-state index contributed by atoms with van der Waals surface area (Å²) >= 11 is 0. The third kappa shape index (κ3) is 6.73. The topological polar surface area (TPSA) is 115 Å². The number of nitrogens with zero attached hydrogens (tertiary/aromatic N) is 5. The van der Waals surface area contributed by atoms with Crippen LogP contribution in [0.5, 0.6) is 5.75 Å². The van der Waals surface area contributed by atoms with Gasteiger partial charge in [0.25, 0.3) is 0 Å². The number of nitroso groups, excluding NO2 is 3. The molecular formula is C23H31N5O4. The van der Waals surface area contributed by atoms with Gasteiger partial charge in [-0.2, -0.15) is 9.81 Å². The highest BCUT2D eigenvalue weighted by molar-refractivity contribution is 5.45. The number of phenolic OH excluding ortho intramolecular Hbond substituents is 1. The summed E-state index contributed by atoms with van der Waals surface area (Å²) < 4.78 is 0. The van der Waals surface area contributed by atoms with Gasteiger partial charge in [0.05, 0.1) is 13.1 Å². The van der Waals surface area contributed by atoms with Gasteiger partial charge >= 0.3 is 0 Å². The number of hydrogen-bond donors (Lipinski definition) is 1. The van der Waals surface area contributed by atoms with Crippen LogP contribution < -0.4 is 0 Å². The molecule has 32 heavy (non-hydrogen) atoms. The van der Waals surface area contributed by atoms with Crippen LogP contribution in [-0.2, 0) is 13.1 Å². The van der Waals surface area contributed by atoms with Crippen molar-refractivity contribution in [3.8, 4) is 5.75 Å². The zero-order valence-corrected chi connectivity index (χ0v) is 18.8. The third-order valence-corrected chi connectivity index (χ3v) is 5.85. The van der Waals surface area contributed by atoms with Crippen molar-refractivity contribution in [3.05, 3.63) is 74.4 Å². The highest BCUT2D eigenvalue weighted by atomic mass is 16.3. The number of likely N-dealkylation sites (N-methyl/N-ethyl adjacent to an activating group) is 2. The molecule has 0 fully saturated rings. The molecule has 0 aliphatic carbocycles. The van der Waals surface area contributed by atoms with E-state index < -0.39 is 0 Å².